The van der Waals surface area contributed by atoms with Gasteiger partial charge in [-0.05, 0) is 61.5 Å². The number of aliphatic hydroxyl groups is 1. The highest BCUT2D eigenvalue weighted by molar-refractivity contribution is 6.02. The van der Waals surface area contributed by atoms with Crippen LogP contribution in [0.25, 0.3) is 0 Å². The number of rotatable bonds is 7. The quantitative estimate of drug-likeness (QED) is 0.264. The molecular weight excluding hydrogens is 623 g/mol. The van der Waals surface area contributed by atoms with Crippen molar-refractivity contribution in [1.82, 2.24) is 9.80 Å². The van der Waals surface area contributed by atoms with Crippen molar-refractivity contribution in [2.75, 3.05) is 49.5 Å². The third-order valence-corrected chi connectivity index (χ3v) is 7.82. The average molecular weight is 658 g/mol. The summed E-state index contributed by atoms with van der Waals surface area (Å²) in [6.07, 6.45) is -5.09. The predicted molar refractivity (Wildman–Crippen MR) is 166 cm³/mol. The minimum atomic E-state index is -4.51. The summed E-state index contributed by atoms with van der Waals surface area (Å²) in [6.45, 7) is 3.73. The zero-order valence-corrected chi connectivity index (χ0v) is 25.8. The number of halogens is 3. The number of hydrogen-bond donors (Lipinski definition) is 4. The highest BCUT2D eigenvalue weighted by Crippen LogP contribution is 2.35. The molecule has 2 aliphatic heterocycles. The van der Waals surface area contributed by atoms with Gasteiger partial charge < -0.3 is 45.1 Å². The van der Waals surface area contributed by atoms with Crippen LogP contribution in [0, 0.1) is 5.92 Å². The fourth-order valence-electron chi connectivity index (χ4n) is 5.10. The van der Waals surface area contributed by atoms with Crippen LogP contribution < -0.4 is 30.2 Å². The smallest absolute Gasteiger partial charge is 0.416 e. The number of hydrogen-bond acceptors (Lipinski definition) is 7. The van der Waals surface area contributed by atoms with Crippen molar-refractivity contribution in [3.63, 3.8) is 0 Å². The Morgan fingerprint density at radius 2 is 1.57 bits per heavy atom. The summed E-state index contributed by atoms with van der Waals surface area (Å²) < 4.78 is 55.6. The van der Waals surface area contributed by atoms with Gasteiger partial charge in [0.2, 0.25) is 6.79 Å². The number of aliphatic hydroxyl groups excluding tert-OH is 1. The second kappa shape index (κ2) is 13.7. The molecule has 15 heteroatoms. The number of likely N-dealkylation sites (N-methyl/N-ethyl adjacent to an activating group) is 1. The van der Waals surface area contributed by atoms with Gasteiger partial charge in [0.05, 0.1) is 30.3 Å². The Labute approximate surface area is 268 Å². The summed E-state index contributed by atoms with van der Waals surface area (Å²) >= 11 is 0. The van der Waals surface area contributed by atoms with Gasteiger partial charge >= 0.3 is 18.2 Å². The van der Waals surface area contributed by atoms with Gasteiger partial charge in [0.25, 0.3) is 5.91 Å². The molecule has 2 aliphatic rings. The van der Waals surface area contributed by atoms with Crippen LogP contribution in [0.3, 0.4) is 0 Å². The molecular formula is C32H34F3N5O7. The van der Waals surface area contributed by atoms with E-state index in [0.717, 1.165) is 24.3 Å². The molecule has 4 N–H and O–H groups in total. The van der Waals surface area contributed by atoms with E-state index in [4.69, 9.17) is 14.2 Å². The van der Waals surface area contributed by atoms with Gasteiger partial charge in [0, 0.05) is 42.6 Å². The van der Waals surface area contributed by atoms with Crippen molar-refractivity contribution in [2.24, 2.45) is 5.92 Å². The van der Waals surface area contributed by atoms with Crippen LogP contribution in [-0.2, 0) is 6.18 Å². The van der Waals surface area contributed by atoms with Crippen LogP contribution in [-0.4, -0.2) is 78.6 Å². The van der Waals surface area contributed by atoms with Gasteiger partial charge in [-0.2, -0.15) is 13.2 Å². The molecule has 3 aromatic rings. The Hall–Kier alpha value is -5.18. The van der Waals surface area contributed by atoms with E-state index in [1.807, 2.05) is 6.92 Å². The Balaban J connectivity index is 1.31. The van der Waals surface area contributed by atoms with Crippen LogP contribution >= 0.6 is 0 Å². The first-order chi connectivity index (χ1) is 22.3. The van der Waals surface area contributed by atoms with E-state index in [2.05, 4.69) is 16.0 Å². The first-order valence-electron chi connectivity index (χ1n) is 14.7. The molecule has 5 amide bonds. The summed E-state index contributed by atoms with van der Waals surface area (Å²) in [5.41, 5.74) is 0.121. The third-order valence-electron chi connectivity index (χ3n) is 7.82. The molecule has 0 saturated heterocycles. The lowest BCUT2D eigenvalue weighted by atomic mass is 9.99. The molecule has 0 radical (unpaired) electrons. The number of amides is 5. The second-order valence-corrected chi connectivity index (χ2v) is 11.4. The van der Waals surface area contributed by atoms with E-state index < -0.39 is 41.9 Å². The largest absolute Gasteiger partial charge is 0.487 e. The standard InChI is InChI=1S/C32H34F3N5O7/c1-18-14-40(19(2)16-41)29(42)24-12-22(37-30(43)36-21-6-4-20(5-7-21)32(33,34)35)8-10-25(24)47-28(18)15-39(3)31(44)38-23-9-11-26-27(13-23)46-17-45-26/h4-13,18-19,28,41H,14-17H2,1-3H3,(H,38,44)(H2,36,37,43)/t18-,19-,28-/m1/s1. The fourth-order valence-corrected chi connectivity index (χ4v) is 5.10. The molecule has 250 valence electrons. The van der Waals surface area contributed by atoms with Crippen LogP contribution in [0.2, 0.25) is 0 Å². The first kappa shape index (κ1) is 33.2. The van der Waals surface area contributed by atoms with E-state index in [9.17, 15) is 32.7 Å². The zero-order chi connectivity index (χ0) is 33.9. The molecule has 3 atom stereocenters. The van der Waals surface area contributed by atoms with Crippen LogP contribution in [0.4, 0.5) is 39.8 Å². The number of nitrogens with zero attached hydrogens (tertiary/aromatic N) is 2. The van der Waals surface area contributed by atoms with E-state index >= 15 is 0 Å². The summed E-state index contributed by atoms with van der Waals surface area (Å²) in [5.74, 6) is 0.607. The number of carbonyl (C=O) groups is 3. The minimum Gasteiger partial charge on any atom is -0.487 e. The van der Waals surface area contributed by atoms with E-state index in [1.165, 1.54) is 28.0 Å². The van der Waals surface area contributed by atoms with Crippen molar-refractivity contribution >= 4 is 35.0 Å². The predicted octanol–water partition coefficient (Wildman–Crippen LogP) is 5.46. The summed E-state index contributed by atoms with van der Waals surface area (Å²) in [5, 5.41) is 17.8. The number of ether oxygens (including phenoxy) is 3. The number of benzene rings is 3. The van der Waals surface area contributed by atoms with Gasteiger partial charge in [0.1, 0.15) is 11.9 Å². The van der Waals surface area contributed by atoms with Crippen LogP contribution in [0.5, 0.6) is 17.2 Å². The lowest BCUT2D eigenvalue weighted by molar-refractivity contribution is -0.137. The highest BCUT2D eigenvalue weighted by atomic mass is 19.4. The normalized spacial score (nSPS) is 17.9. The first-order valence-corrected chi connectivity index (χ1v) is 14.7. The molecule has 0 bridgehead atoms. The molecule has 3 aromatic carbocycles. The van der Waals surface area contributed by atoms with Crippen molar-refractivity contribution in [3.05, 3.63) is 71.8 Å². The second-order valence-electron chi connectivity index (χ2n) is 11.4. The van der Waals surface area contributed by atoms with Crippen molar-refractivity contribution in [1.29, 1.82) is 0 Å². The lowest BCUT2D eigenvalue weighted by Crippen LogP contribution is -2.50. The Kier molecular flexibility index (Phi) is 9.65. The SMILES string of the molecule is C[C@@H]1CN([C@H](C)CO)C(=O)c2cc(NC(=O)Nc3ccc(C(F)(F)F)cc3)ccc2O[C@@H]1CN(C)C(=O)Nc1ccc2c(c1)OCO2. The number of alkyl halides is 3. The topological polar surface area (TPSA) is 142 Å². The zero-order valence-electron chi connectivity index (χ0n) is 25.8. The lowest BCUT2D eigenvalue weighted by Gasteiger charge is -2.38. The van der Waals surface area contributed by atoms with Crippen LogP contribution in [0.15, 0.2) is 60.7 Å². The molecule has 0 spiro atoms. The van der Waals surface area contributed by atoms with Gasteiger partial charge in [-0.15, -0.1) is 0 Å². The average Bonchev–Trinajstić information content (AvgIpc) is 3.50. The maximum absolute atomic E-state index is 13.7. The maximum atomic E-state index is 13.7. The molecule has 0 saturated carbocycles. The number of anilines is 3. The molecule has 5 rings (SSSR count). The molecule has 0 aromatic heterocycles. The molecule has 47 heavy (non-hydrogen) atoms. The monoisotopic (exact) mass is 657 g/mol. The van der Waals surface area contributed by atoms with Gasteiger partial charge in [-0.3, -0.25) is 4.79 Å². The van der Waals surface area contributed by atoms with E-state index in [-0.39, 0.29) is 55.1 Å². The molecule has 2 heterocycles. The minimum absolute atomic E-state index is 0.104. The van der Waals surface area contributed by atoms with Gasteiger partial charge in [-0.25, -0.2) is 9.59 Å². The van der Waals surface area contributed by atoms with Crippen molar-refractivity contribution in [2.45, 2.75) is 32.2 Å². The molecule has 12 nitrogen and oxygen atoms in total. The Morgan fingerprint density at radius 1 is 0.957 bits per heavy atom. The Morgan fingerprint density at radius 3 is 2.26 bits per heavy atom. The maximum Gasteiger partial charge on any atom is 0.416 e. The number of carbonyl (C=O) groups excluding carboxylic acids is 3. The Bertz CT molecular complexity index is 1640. The number of nitrogens with one attached hydrogen (secondary N) is 3. The highest BCUT2D eigenvalue weighted by Gasteiger charge is 2.34. The van der Waals surface area contributed by atoms with Crippen LogP contribution in [0.1, 0.15) is 29.8 Å². The third kappa shape index (κ3) is 7.80. The van der Waals surface area contributed by atoms with Gasteiger partial charge in [0.15, 0.2) is 11.5 Å². The fraction of sp³-hybridized carbons (Fsp3) is 0.344. The number of urea groups is 2. The summed E-state index contributed by atoms with van der Waals surface area (Å²) in [4.78, 5) is 42.4. The van der Waals surface area contributed by atoms with E-state index in [0.29, 0.717) is 17.2 Å². The summed E-state index contributed by atoms with van der Waals surface area (Å²) in [7, 11) is 1.61. The summed E-state index contributed by atoms with van der Waals surface area (Å²) in [6, 6.07) is 11.8. The van der Waals surface area contributed by atoms with Crippen molar-refractivity contribution in [3.8, 4) is 17.2 Å². The molecule has 0 unspecified atom stereocenters. The van der Waals surface area contributed by atoms with E-state index in [1.54, 1.807) is 32.2 Å². The molecule has 0 aliphatic carbocycles. The number of fused-ring (bicyclic) bond motifs is 2. The van der Waals surface area contributed by atoms with Crippen molar-refractivity contribution < 1.29 is 46.9 Å². The molecule has 0 fully saturated rings. The van der Waals surface area contributed by atoms with Gasteiger partial charge in [-0.1, -0.05) is 6.92 Å².